The Bertz CT molecular complexity index is 1180. The molecule has 2 aromatic heterocycles. The molecule has 1 aliphatic rings. The van der Waals surface area contributed by atoms with Gasteiger partial charge in [-0.3, -0.25) is 9.69 Å². The second kappa shape index (κ2) is 11.2. The third kappa shape index (κ3) is 5.69. The number of furan rings is 1. The molecule has 0 atom stereocenters. The SMILES string of the molecule is CCOc1ccccc1OC1CCN(CC(=O)Nc2c(C#N)c(C)c(C)n2Cc2ccco2)CC1. The van der Waals surface area contributed by atoms with E-state index in [1.807, 2.05) is 61.7 Å². The van der Waals surface area contributed by atoms with Crippen molar-refractivity contribution in [2.75, 3.05) is 31.6 Å². The maximum atomic E-state index is 13.0. The number of benzene rings is 1. The fourth-order valence-corrected chi connectivity index (χ4v) is 4.45. The van der Waals surface area contributed by atoms with Crippen LogP contribution < -0.4 is 14.8 Å². The Kier molecular flexibility index (Phi) is 7.78. The van der Waals surface area contributed by atoms with Gasteiger partial charge in [0, 0.05) is 18.8 Å². The number of anilines is 1. The van der Waals surface area contributed by atoms with Gasteiger partial charge in [0.05, 0.1) is 31.5 Å². The number of ether oxygens (including phenoxy) is 2. The van der Waals surface area contributed by atoms with E-state index in [0.717, 1.165) is 54.4 Å². The maximum Gasteiger partial charge on any atom is 0.239 e. The number of amides is 1. The third-order valence-corrected chi connectivity index (χ3v) is 6.44. The normalized spacial score (nSPS) is 14.5. The van der Waals surface area contributed by atoms with E-state index in [9.17, 15) is 10.1 Å². The highest BCUT2D eigenvalue weighted by Crippen LogP contribution is 2.30. The molecule has 1 aromatic carbocycles. The summed E-state index contributed by atoms with van der Waals surface area (Å²) in [7, 11) is 0. The molecule has 1 aliphatic heterocycles. The van der Waals surface area contributed by atoms with Crippen molar-refractivity contribution in [2.45, 2.75) is 46.3 Å². The molecular formula is C27H32N4O4. The number of nitrogens with one attached hydrogen (secondary N) is 1. The zero-order valence-electron chi connectivity index (χ0n) is 20.5. The Hall–Kier alpha value is -3.70. The summed E-state index contributed by atoms with van der Waals surface area (Å²) < 4.78 is 19.3. The van der Waals surface area contributed by atoms with Crippen LogP contribution in [0.25, 0.3) is 0 Å². The van der Waals surface area contributed by atoms with E-state index in [-0.39, 0.29) is 18.6 Å². The zero-order valence-corrected chi connectivity index (χ0v) is 20.5. The van der Waals surface area contributed by atoms with E-state index < -0.39 is 0 Å². The van der Waals surface area contributed by atoms with Crippen LogP contribution in [0.2, 0.25) is 0 Å². The van der Waals surface area contributed by atoms with Crippen molar-refractivity contribution in [1.82, 2.24) is 9.47 Å². The lowest BCUT2D eigenvalue weighted by molar-refractivity contribution is -0.117. The summed E-state index contributed by atoms with van der Waals surface area (Å²) in [6.45, 7) is 8.61. The fourth-order valence-electron chi connectivity index (χ4n) is 4.45. The van der Waals surface area contributed by atoms with Gasteiger partial charge in [-0.2, -0.15) is 5.26 Å². The van der Waals surface area contributed by atoms with Gasteiger partial charge in [0.2, 0.25) is 5.91 Å². The molecule has 1 saturated heterocycles. The number of likely N-dealkylation sites (tertiary alicyclic amines) is 1. The molecule has 0 bridgehead atoms. The minimum absolute atomic E-state index is 0.0805. The number of para-hydroxylation sites is 2. The van der Waals surface area contributed by atoms with Crippen LogP contribution in [0.3, 0.4) is 0 Å². The van der Waals surface area contributed by atoms with Crippen molar-refractivity contribution in [2.24, 2.45) is 0 Å². The average Bonchev–Trinajstić information content (AvgIpc) is 3.44. The number of hydrogen-bond donors (Lipinski definition) is 1. The predicted octanol–water partition coefficient (Wildman–Crippen LogP) is 4.50. The van der Waals surface area contributed by atoms with Gasteiger partial charge in [-0.25, -0.2) is 0 Å². The van der Waals surface area contributed by atoms with Crippen LogP contribution in [-0.4, -0.2) is 47.7 Å². The number of carbonyl (C=O) groups excluding carboxylic acids is 1. The highest BCUT2D eigenvalue weighted by Gasteiger charge is 2.25. The van der Waals surface area contributed by atoms with Crippen molar-refractivity contribution in [3.63, 3.8) is 0 Å². The first-order chi connectivity index (χ1) is 17.0. The first-order valence-electron chi connectivity index (χ1n) is 12.0. The van der Waals surface area contributed by atoms with Gasteiger partial charge >= 0.3 is 0 Å². The van der Waals surface area contributed by atoms with E-state index in [1.165, 1.54) is 0 Å². The van der Waals surface area contributed by atoms with Crippen LogP contribution in [0, 0.1) is 25.2 Å². The maximum absolute atomic E-state index is 13.0. The Morgan fingerprint density at radius 2 is 1.91 bits per heavy atom. The van der Waals surface area contributed by atoms with Crippen LogP contribution in [0.1, 0.15) is 42.3 Å². The molecule has 1 fully saturated rings. The first-order valence-corrected chi connectivity index (χ1v) is 12.0. The summed E-state index contributed by atoms with van der Waals surface area (Å²) in [5, 5.41) is 12.7. The molecule has 8 nitrogen and oxygen atoms in total. The highest BCUT2D eigenvalue weighted by molar-refractivity contribution is 5.93. The number of hydrogen-bond acceptors (Lipinski definition) is 6. The number of nitriles is 1. The summed E-state index contributed by atoms with van der Waals surface area (Å²) in [5.74, 6) is 2.66. The number of piperidine rings is 1. The molecule has 0 saturated carbocycles. The van der Waals surface area contributed by atoms with Crippen molar-refractivity contribution < 1.29 is 18.7 Å². The molecular weight excluding hydrogens is 444 g/mol. The molecule has 0 aliphatic carbocycles. The monoisotopic (exact) mass is 476 g/mol. The lowest BCUT2D eigenvalue weighted by atomic mass is 10.1. The Balaban J connectivity index is 1.35. The minimum Gasteiger partial charge on any atom is -0.490 e. The number of carbonyl (C=O) groups is 1. The summed E-state index contributed by atoms with van der Waals surface area (Å²) in [5.41, 5.74) is 2.28. The molecule has 4 rings (SSSR count). The largest absolute Gasteiger partial charge is 0.490 e. The van der Waals surface area contributed by atoms with Crippen molar-refractivity contribution in [1.29, 1.82) is 5.26 Å². The lowest BCUT2D eigenvalue weighted by Gasteiger charge is -2.32. The number of rotatable bonds is 9. The molecule has 0 spiro atoms. The summed E-state index contributed by atoms with van der Waals surface area (Å²) in [4.78, 5) is 15.1. The fraction of sp³-hybridized carbons (Fsp3) is 0.407. The van der Waals surface area contributed by atoms with Gasteiger partial charge < -0.3 is 23.8 Å². The van der Waals surface area contributed by atoms with Crippen LogP contribution in [0.5, 0.6) is 11.5 Å². The summed E-state index contributed by atoms with van der Waals surface area (Å²) in [6.07, 6.45) is 3.35. The van der Waals surface area contributed by atoms with Crippen molar-refractivity contribution >= 4 is 11.7 Å². The second-order valence-electron chi connectivity index (χ2n) is 8.73. The molecule has 1 amide bonds. The van der Waals surface area contributed by atoms with E-state index in [0.29, 0.717) is 24.5 Å². The Morgan fingerprint density at radius 1 is 1.17 bits per heavy atom. The van der Waals surface area contributed by atoms with Gasteiger partial charge in [-0.1, -0.05) is 12.1 Å². The van der Waals surface area contributed by atoms with Crippen LogP contribution in [-0.2, 0) is 11.3 Å². The van der Waals surface area contributed by atoms with Gasteiger partial charge in [-0.15, -0.1) is 0 Å². The van der Waals surface area contributed by atoms with E-state index in [1.54, 1.807) is 6.26 Å². The van der Waals surface area contributed by atoms with Gasteiger partial charge in [0.1, 0.15) is 23.8 Å². The Labute approximate surface area is 206 Å². The number of aromatic nitrogens is 1. The van der Waals surface area contributed by atoms with Gasteiger partial charge in [0.25, 0.3) is 0 Å². The molecule has 0 radical (unpaired) electrons. The van der Waals surface area contributed by atoms with E-state index in [4.69, 9.17) is 13.9 Å². The summed E-state index contributed by atoms with van der Waals surface area (Å²) >= 11 is 0. The van der Waals surface area contributed by atoms with Crippen LogP contribution >= 0.6 is 0 Å². The first kappa shape index (κ1) is 24.4. The predicted molar refractivity (Wildman–Crippen MR) is 133 cm³/mol. The van der Waals surface area contributed by atoms with Gasteiger partial charge in [-0.05, 0) is 63.4 Å². The van der Waals surface area contributed by atoms with Crippen LogP contribution in [0.4, 0.5) is 5.82 Å². The molecule has 1 N–H and O–H groups in total. The number of nitrogens with zero attached hydrogens (tertiary/aromatic N) is 3. The van der Waals surface area contributed by atoms with E-state index in [2.05, 4.69) is 16.3 Å². The molecule has 35 heavy (non-hydrogen) atoms. The van der Waals surface area contributed by atoms with Crippen molar-refractivity contribution in [3.8, 4) is 17.6 Å². The smallest absolute Gasteiger partial charge is 0.239 e. The Morgan fingerprint density at radius 3 is 2.57 bits per heavy atom. The minimum atomic E-state index is -0.138. The average molecular weight is 477 g/mol. The quantitative estimate of drug-likeness (QED) is 0.489. The third-order valence-electron chi connectivity index (χ3n) is 6.44. The molecule has 3 heterocycles. The topological polar surface area (TPSA) is 92.7 Å². The molecule has 3 aromatic rings. The standard InChI is InChI=1S/C27H32N4O4/c1-4-33-24-9-5-6-10-25(24)35-21-11-13-30(14-12-21)18-26(32)29-27-23(16-28)19(2)20(3)31(27)17-22-8-7-15-34-22/h5-10,15,21H,4,11-14,17-18H2,1-3H3,(H,29,32). The van der Waals surface area contributed by atoms with Crippen LogP contribution in [0.15, 0.2) is 47.1 Å². The van der Waals surface area contributed by atoms with E-state index >= 15 is 0 Å². The second-order valence-corrected chi connectivity index (χ2v) is 8.73. The molecule has 184 valence electrons. The molecule has 0 unspecified atom stereocenters. The summed E-state index contributed by atoms with van der Waals surface area (Å²) in [6, 6.07) is 13.7. The molecule has 8 heteroatoms. The lowest BCUT2D eigenvalue weighted by Crippen LogP contribution is -2.42. The van der Waals surface area contributed by atoms with Gasteiger partial charge in [0.15, 0.2) is 11.5 Å². The highest BCUT2D eigenvalue weighted by atomic mass is 16.5. The zero-order chi connectivity index (χ0) is 24.8. The van der Waals surface area contributed by atoms with Crippen molar-refractivity contribution in [3.05, 3.63) is 65.2 Å².